The number of Topliss-reactive ketones (excluding diaryl/α,β-unsaturated/α-hetero) is 1. The molecule has 0 heterocycles. The molecule has 1 N–H and O–H groups in total. The van der Waals surface area contributed by atoms with E-state index in [-0.39, 0.29) is 25.4 Å². The molecule has 1 rings (SSSR count). The van der Waals surface area contributed by atoms with Crippen LogP contribution in [0.25, 0.3) is 0 Å². The summed E-state index contributed by atoms with van der Waals surface area (Å²) in [4.78, 5) is 32.6. The van der Waals surface area contributed by atoms with Crippen molar-refractivity contribution in [3.05, 3.63) is 35.9 Å². The van der Waals surface area contributed by atoms with Crippen LogP contribution in [0.3, 0.4) is 0 Å². The second kappa shape index (κ2) is 7.16. The zero-order chi connectivity index (χ0) is 12.5. The minimum Gasteiger partial charge on any atom is -0.457 e. The summed E-state index contributed by atoms with van der Waals surface area (Å²) >= 11 is 0. The van der Waals surface area contributed by atoms with E-state index < -0.39 is 5.97 Å². The smallest absolute Gasteiger partial charge is 0.308 e. The Bertz CT molecular complexity index is 389. The molecule has 0 atom stereocenters. The number of carbonyl (C=O) groups is 3. The lowest BCUT2D eigenvalue weighted by molar-refractivity contribution is -0.142. The monoisotopic (exact) mass is 235 g/mol. The number of benzene rings is 1. The van der Waals surface area contributed by atoms with Crippen molar-refractivity contribution in [1.82, 2.24) is 5.32 Å². The minimum atomic E-state index is -0.511. The Morgan fingerprint density at radius 2 is 1.94 bits per heavy atom. The maximum absolute atomic E-state index is 11.5. The van der Waals surface area contributed by atoms with Gasteiger partial charge >= 0.3 is 5.97 Å². The molecule has 0 aliphatic carbocycles. The minimum absolute atomic E-state index is 0.0564. The Kier molecular flexibility index (Phi) is 5.43. The highest BCUT2D eigenvalue weighted by molar-refractivity contribution is 5.97. The average Bonchev–Trinajstić information content (AvgIpc) is 2.37. The number of ether oxygens (including phenoxy) is 1. The van der Waals surface area contributed by atoms with E-state index >= 15 is 0 Å². The summed E-state index contributed by atoms with van der Waals surface area (Å²) in [5.74, 6) is -0.758. The molecule has 0 bridgehead atoms. The number of ketones is 1. The lowest BCUT2D eigenvalue weighted by atomic mass is 10.1. The standard InChI is InChI=1S/C12H13NO4/c14-9-13-7-6-12(16)17-8-11(15)10-4-2-1-3-5-10/h1-5,9H,6-8H2,(H,13,14). The predicted octanol–water partition coefficient (Wildman–Crippen LogP) is 0.549. The summed E-state index contributed by atoms with van der Waals surface area (Å²) in [5, 5.41) is 2.33. The van der Waals surface area contributed by atoms with Gasteiger partial charge in [0.1, 0.15) is 0 Å². The van der Waals surface area contributed by atoms with Crippen LogP contribution in [0.5, 0.6) is 0 Å². The first kappa shape index (κ1) is 12.9. The van der Waals surface area contributed by atoms with Crippen molar-refractivity contribution in [2.75, 3.05) is 13.2 Å². The fourth-order valence-corrected chi connectivity index (χ4v) is 1.16. The van der Waals surface area contributed by atoms with Crippen molar-refractivity contribution in [2.24, 2.45) is 0 Å². The van der Waals surface area contributed by atoms with Crippen molar-refractivity contribution in [1.29, 1.82) is 0 Å². The lowest BCUT2D eigenvalue weighted by Gasteiger charge is -2.03. The van der Waals surface area contributed by atoms with Crippen LogP contribution in [-0.2, 0) is 14.3 Å². The highest BCUT2D eigenvalue weighted by Crippen LogP contribution is 2.00. The topological polar surface area (TPSA) is 72.5 Å². The summed E-state index contributed by atoms with van der Waals surface area (Å²) in [6.45, 7) is -0.0637. The molecule has 0 aromatic heterocycles. The molecule has 0 saturated heterocycles. The third kappa shape index (κ3) is 4.92. The summed E-state index contributed by atoms with van der Waals surface area (Å²) in [6.07, 6.45) is 0.559. The van der Waals surface area contributed by atoms with Crippen molar-refractivity contribution in [3.8, 4) is 0 Å². The van der Waals surface area contributed by atoms with Gasteiger partial charge in [0.25, 0.3) is 0 Å². The molecule has 0 aliphatic heterocycles. The molecule has 0 spiro atoms. The van der Waals surface area contributed by atoms with Crippen LogP contribution in [0.1, 0.15) is 16.8 Å². The number of esters is 1. The van der Waals surface area contributed by atoms with Gasteiger partial charge < -0.3 is 10.1 Å². The molecular weight excluding hydrogens is 222 g/mol. The van der Waals surface area contributed by atoms with Crippen LogP contribution in [0, 0.1) is 0 Å². The van der Waals surface area contributed by atoms with E-state index in [4.69, 9.17) is 4.74 Å². The first-order chi connectivity index (χ1) is 8.24. The van der Waals surface area contributed by atoms with E-state index in [0.29, 0.717) is 12.0 Å². The van der Waals surface area contributed by atoms with E-state index in [1.807, 2.05) is 0 Å². The quantitative estimate of drug-likeness (QED) is 0.324. The van der Waals surface area contributed by atoms with Gasteiger partial charge in [0.2, 0.25) is 6.41 Å². The Hall–Kier alpha value is -2.17. The van der Waals surface area contributed by atoms with E-state index in [2.05, 4.69) is 5.32 Å². The molecule has 1 aromatic rings. The first-order valence-electron chi connectivity index (χ1n) is 5.15. The molecule has 1 aromatic carbocycles. The van der Waals surface area contributed by atoms with Crippen molar-refractivity contribution in [2.45, 2.75) is 6.42 Å². The number of amides is 1. The number of hydrogen-bond donors (Lipinski definition) is 1. The maximum atomic E-state index is 11.5. The number of nitrogens with one attached hydrogen (secondary N) is 1. The predicted molar refractivity (Wildman–Crippen MR) is 60.4 cm³/mol. The van der Waals surface area contributed by atoms with Gasteiger partial charge in [0, 0.05) is 12.1 Å². The maximum Gasteiger partial charge on any atom is 0.308 e. The zero-order valence-electron chi connectivity index (χ0n) is 9.22. The highest BCUT2D eigenvalue weighted by Gasteiger charge is 2.08. The largest absolute Gasteiger partial charge is 0.457 e. The van der Waals surface area contributed by atoms with Crippen LogP contribution >= 0.6 is 0 Å². The summed E-state index contributed by atoms with van der Waals surface area (Å²) in [7, 11) is 0. The summed E-state index contributed by atoms with van der Waals surface area (Å²) in [6, 6.07) is 8.59. The zero-order valence-corrected chi connectivity index (χ0v) is 9.22. The Morgan fingerprint density at radius 1 is 1.24 bits per heavy atom. The molecule has 0 radical (unpaired) electrons. The van der Waals surface area contributed by atoms with E-state index in [1.54, 1.807) is 30.3 Å². The van der Waals surface area contributed by atoms with Crippen LogP contribution in [0.4, 0.5) is 0 Å². The fourth-order valence-electron chi connectivity index (χ4n) is 1.16. The van der Waals surface area contributed by atoms with E-state index in [1.165, 1.54) is 0 Å². The number of rotatable bonds is 7. The molecule has 17 heavy (non-hydrogen) atoms. The normalized spacial score (nSPS) is 9.41. The average molecular weight is 235 g/mol. The first-order valence-corrected chi connectivity index (χ1v) is 5.15. The SMILES string of the molecule is O=CNCCC(=O)OCC(=O)c1ccccc1. The Morgan fingerprint density at radius 3 is 2.59 bits per heavy atom. The van der Waals surface area contributed by atoms with Gasteiger partial charge in [-0.05, 0) is 0 Å². The van der Waals surface area contributed by atoms with Crippen LogP contribution in [0.15, 0.2) is 30.3 Å². The van der Waals surface area contributed by atoms with Gasteiger partial charge in [-0.25, -0.2) is 0 Å². The second-order valence-corrected chi connectivity index (χ2v) is 3.27. The molecule has 0 fully saturated rings. The Balaban J connectivity index is 2.29. The second-order valence-electron chi connectivity index (χ2n) is 3.27. The van der Waals surface area contributed by atoms with Gasteiger partial charge in [-0.2, -0.15) is 0 Å². The molecule has 5 nitrogen and oxygen atoms in total. The van der Waals surface area contributed by atoms with Gasteiger partial charge in [0.15, 0.2) is 12.4 Å². The lowest BCUT2D eigenvalue weighted by Crippen LogP contribution is -2.20. The van der Waals surface area contributed by atoms with Crippen LogP contribution in [0.2, 0.25) is 0 Å². The molecular formula is C12H13NO4. The van der Waals surface area contributed by atoms with Gasteiger partial charge in [-0.1, -0.05) is 30.3 Å². The molecule has 1 amide bonds. The van der Waals surface area contributed by atoms with Crippen molar-refractivity contribution >= 4 is 18.2 Å². The van der Waals surface area contributed by atoms with Gasteiger partial charge in [-0.15, -0.1) is 0 Å². The molecule has 5 heteroatoms. The van der Waals surface area contributed by atoms with Gasteiger partial charge in [-0.3, -0.25) is 14.4 Å². The summed E-state index contributed by atoms with van der Waals surface area (Å²) < 4.78 is 4.76. The van der Waals surface area contributed by atoms with Crippen LogP contribution in [-0.4, -0.2) is 31.3 Å². The van der Waals surface area contributed by atoms with Crippen molar-refractivity contribution in [3.63, 3.8) is 0 Å². The number of hydrogen-bond acceptors (Lipinski definition) is 4. The summed E-state index contributed by atoms with van der Waals surface area (Å²) in [5.41, 5.74) is 0.506. The highest BCUT2D eigenvalue weighted by atomic mass is 16.5. The molecule has 0 unspecified atom stereocenters. The number of carbonyl (C=O) groups excluding carboxylic acids is 3. The molecule has 0 saturated carbocycles. The van der Waals surface area contributed by atoms with Crippen LogP contribution < -0.4 is 5.32 Å². The Labute approximate surface area is 98.8 Å². The molecule has 0 aliphatic rings. The fraction of sp³-hybridized carbons (Fsp3) is 0.250. The van der Waals surface area contributed by atoms with E-state index in [0.717, 1.165) is 0 Å². The molecule has 90 valence electrons. The van der Waals surface area contributed by atoms with Gasteiger partial charge in [0.05, 0.1) is 6.42 Å². The third-order valence-corrected chi connectivity index (χ3v) is 2.02. The van der Waals surface area contributed by atoms with Crippen molar-refractivity contribution < 1.29 is 19.1 Å². The van der Waals surface area contributed by atoms with E-state index in [9.17, 15) is 14.4 Å². The third-order valence-electron chi connectivity index (χ3n) is 2.02.